The molecule has 6 nitrogen and oxygen atoms in total. The van der Waals surface area contributed by atoms with Gasteiger partial charge in [0.2, 0.25) is 11.8 Å². The van der Waals surface area contributed by atoms with E-state index in [2.05, 4.69) is 67.4 Å². The van der Waals surface area contributed by atoms with Gasteiger partial charge in [0.15, 0.2) is 0 Å². The largest absolute Gasteiger partial charge is 0.425 e. The topological polar surface area (TPSA) is 69.6 Å². The Kier molecular flexibility index (Phi) is 7.66. The molecular weight excluding hydrogens is 410 g/mol. The van der Waals surface area contributed by atoms with Gasteiger partial charge in [0.25, 0.3) is 0 Å². The first kappa shape index (κ1) is 22.9. The van der Waals surface area contributed by atoms with Crippen LogP contribution in [0.5, 0.6) is 0 Å². The van der Waals surface area contributed by atoms with Crippen LogP contribution >= 0.6 is 0 Å². The van der Waals surface area contributed by atoms with E-state index in [9.17, 15) is 0 Å². The van der Waals surface area contributed by atoms with Crippen LogP contribution in [0.4, 0.5) is 0 Å². The molecule has 0 bridgehead atoms. The van der Waals surface area contributed by atoms with Crippen LogP contribution in [0.25, 0.3) is 22.5 Å². The summed E-state index contributed by atoms with van der Waals surface area (Å²) in [7, 11) is 0. The second kappa shape index (κ2) is 11.0. The van der Waals surface area contributed by atoms with Crippen LogP contribution in [-0.4, -0.2) is 25.2 Å². The van der Waals surface area contributed by atoms with Gasteiger partial charge in [-0.05, 0) is 37.8 Å². The lowest BCUT2D eigenvalue weighted by Gasteiger charge is -2.06. The van der Waals surface area contributed by atoms with Crippen molar-refractivity contribution in [1.29, 1.82) is 0 Å². The molecule has 172 valence electrons. The van der Waals surface area contributed by atoms with Crippen LogP contribution in [0.3, 0.4) is 0 Å². The molecule has 0 saturated carbocycles. The highest BCUT2D eigenvalue weighted by atomic mass is 16.4. The molecule has 2 aromatic heterocycles. The van der Waals surface area contributed by atoms with Gasteiger partial charge >= 0.3 is 0 Å². The van der Waals surface area contributed by atoms with Crippen molar-refractivity contribution in [3.05, 3.63) is 71.9 Å². The van der Waals surface area contributed by atoms with Crippen molar-refractivity contribution in [1.82, 2.24) is 25.2 Å². The summed E-state index contributed by atoms with van der Waals surface area (Å²) in [6.45, 7) is 6.96. The predicted octanol–water partition coefficient (Wildman–Crippen LogP) is 6.48. The summed E-state index contributed by atoms with van der Waals surface area (Å²) in [4.78, 5) is 1.78. The van der Waals surface area contributed by atoms with Crippen LogP contribution in [0.2, 0.25) is 0 Å². The van der Waals surface area contributed by atoms with E-state index in [1.165, 1.54) is 18.4 Å². The maximum atomic E-state index is 5.69. The second-order valence-electron chi connectivity index (χ2n) is 8.76. The molecule has 4 rings (SSSR count). The van der Waals surface area contributed by atoms with Crippen LogP contribution in [0, 0.1) is 0 Å². The average molecular weight is 444 g/mol. The fourth-order valence-electron chi connectivity index (χ4n) is 3.91. The van der Waals surface area contributed by atoms with Gasteiger partial charge in [0.05, 0.1) is 6.54 Å². The van der Waals surface area contributed by atoms with Crippen LogP contribution < -0.4 is 0 Å². The molecular formula is C27H33N5O. The molecule has 0 amide bonds. The smallest absolute Gasteiger partial charge is 0.219 e. The van der Waals surface area contributed by atoms with E-state index in [0.717, 1.165) is 66.5 Å². The quantitative estimate of drug-likeness (QED) is 0.248. The van der Waals surface area contributed by atoms with Crippen molar-refractivity contribution in [3.8, 4) is 22.5 Å². The normalized spacial score (nSPS) is 11.4. The number of aryl methyl sites for hydroxylation is 3. The lowest BCUT2D eigenvalue weighted by molar-refractivity contribution is 0.425. The van der Waals surface area contributed by atoms with E-state index in [1.807, 2.05) is 18.2 Å². The Morgan fingerprint density at radius 2 is 1.48 bits per heavy atom. The van der Waals surface area contributed by atoms with E-state index in [1.54, 1.807) is 4.80 Å². The monoisotopic (exact) mass is 443 g/mol. The number of hydrogen-bond acceptors (Lipinski definition) is 5. The number of rotatable bonds is 11. The van der Waals surface area contributed by atoms with Gasteiger partial charge < -0.3 is 4.42 Å². The maximum absolute atomic E-state index is 5.69. The molecule has 4 aromatic rings. The first-order valence-corrected chi connectivity index (χ1v) is 12.1. The molecule has 0 N–H and O–H groups in total. The van der Waals surface area contributed by atoms with Crippen LogP contribution in [0.1, 0.15) is 69.7 Å². The number of nitrogens with zero attached hydrogens (tertiary/aromatic N) is 5. The maximum Gasteiger partial charge on any atom is 0.219 e. The minimum absolute atomic E-state index is 0.289. The summed E-state index contributed by atoms with van der Waals surface area (Å²) < 4.78 is 5.69. The lowest BCUT2D eigenvalue weighted by atomic mass is 10.00. The first-order valence-electron chi connectivity index (χ1n) is 12.1. The van der Waals surface area contributed by atoms with E-state index in [-0.39, 0.29) is 5.92 Å². The van der Waals surface area contributed by atoms with Gasteiger partial charge in [0, 0.05) is 23.5 Å². The van der Waals surface area contributed by atoms with Crippen LogP contribution in [-0.2, 0) is 19.4 Å². The summed E-state index contributed by atoms with van der Waals surface area (Å²) in [5, 5.41) is 17.7. The molecule has 2 heterocycles. The Labute approximate surface area is 196 Å². The molecule has 33 heavy (non-hydrogen) atoms. The van der Waals surface area contributed by atoms with Crippen molar-refractivity contribution in [2.45, 2.75) is 71.8 Å². The highest BCUT2D eigenvalue weighted by Crippen LogP contribution is 2.29. The average Bonchev–Trinajstić information content (AvgIpc) is 3.50. The van der Waals surface area contributed by atoms with Crippen LogP contribution in [0.15, 0.2) is 59.0 Å². The molecule has 0 saturated heterocycles. The molecule has 0 radical (unpaired) electrons. The summed E-state index contributed by atoms with van der Waals surface area (Å²) in [5.41, 5.74) is 5.46. The standard InChI is InChI=1S/C27H33N5O/c1-4-32-30-25(22-15-9-7-10-16-22)26(31-32)23-17-12-14-21(19-23)13-8-5-6-11-18-24-28-29-27(33-24)20(2)3/h7,9-10,12,14-17,19-20H,4-6,8,11,13,18H2,1-3H3. The molecule has 0 spiro atoms. The summed E-state index contributed by atoms with van der Waals surface area (Å²) >= 11 is 0. The van der Waals surface area contributed by atoms with Gasteiger partial charge in [-0.15, -0.1) is 10.2 Å². The number of hydrogen-bond donors (Lipinski definition) is 0. The fourth-order valence-corrected chi connectivity index (χ4v) is 3.91. The van der Waals surface area contributed by atoms with Crippen molar-refractivity contribution in [3.63, 3.8) is 0 Å². The minimum Gasteiger partial charge on any atom is -0.425 e. The van der Waals surface area contributed by atoms with Crippen molar-refractivity contribution < 1.29 is 4.42 Å². The Morgan fingerprint density at radius 3 is 2.18 bits per heavy atom. The minimum atomic E-state index is 0.289. The molecule has 0 fully saturated rings. The molecule has 0 atom stereocenters. The molecule has 0 unspecified atom stereocenters. The Morgan fingerprint density at radius 1 is 0.788 bits per heavy atom. The van der Waals surface area contributed by atoms with Gasteiger partial charge in [-0.1, -0.05) is 75.2 Å². The van der Waals surface area contributed by atoms with Crippen molar-refractivity contribution in [2.24, 2.45) is 0 Å². The van der Waals surface area contributed by atoms with Gasteiger partial charge in [-0.3, -0.25) is 0 Å². The Bertz CT molecular complexity index is 1150. The summed E-state index contributed by atoms with van der Waals surface area (Å²) in [6, 6.07) is 19.0. The third-order valence-electron chi connectivity index (χ3n) is 5.77. The van der Waals surface area contributed by atoms with E-state index in [4.69, 9.17) is 14.6 Å². The second-order valence-corrected chi connectivity index (χ2v) is 8.76. The van der Waals surface area contributed by atoms with Crippen molar-refractivity contribution >= 4 is 0 Å². The number of unbranched alkanes of at least 4 members (excludes halogenated alkanes) is 3. The summed E-state index contributed by atoms with van der Waals surface area (Å²) in [6.07, 6.45) is 6.54. The molecule has 0 aliphatic rings. The highest BCUT2D eigenvalue weighted by Gasteiger charge is 2.15. The van der Waals surface area contributed by atoms with E-state index >= 15 is 0 Å². The van der Waals surface area contributed by atoms with Crippen molar-refractivity contribution in [2.75, 3.05) is 0 Å². The van der Waals surface area contributed by atoms with E-state index < -0.39 is 0 Å². The SMILES string of the molecule is CCn1nc(-c2ccccc2)c(-c2cccc(CCCCCCc3nnc(C(C)C)o3)c2)n1. The number of benzene rings is 2. The third-order valence-corrected chi connectivity index (χ3v) is 5.77. The zero-order valence-electron chi connectivity index (χ0n) is 19.9. The zero-order valence-corrected chi connectivity index (χ0v) is 19.9. The Balaban J connectivity index is 1.33. The summed E-state index contributed by atoms with van der Waals surface area (Å²) in [5.74, 6) is 1.79. The highest BCUT2D eigenvalue weighted by molar-refractivity contribution is 5.77. The third kappa shape index (κ3) is 5.95. The predicted molar refractivity (Wildman–Crippen MR) is 131 cm³/mol. The lowest BCUT2D eigenvalue weighted by Crippen LogP contribution is -1.98. The molecule has 6 heteroatoms. The molecule has 0 aliphatic carbocycles. The zero-order chi connectivity index (χ0) is 23.0. The molecule has 0 aliphatic heterocycles. The van der Waals surface area contributed by atoms with Gasteiger partial charge in [-0.25, -0.2) is 0 Å². The van der Waals surface area contributed by atoms with E-state index in [0.29, 0.717) is 0 Å². The van der Waals surface area contributed by atoms with Gasteiger partial charge in [0.1, 0.15) is 11.4 Å². The Hall–Kier alpha value is -3.28. The number of aromatic nitrogens is 5. The first-order chi connectivity index (χ1) is 16.1. The molecule has 2 aromatic carbocycles. The van der Waals surface area contributed by atoms with Gasteiger partial charge in [-0.2, -0.15) is 15.0 Å². The fraction of sp³-hybridized carbons (Fsp3) is 0.407.